The molecule has 0 aliphatic rings. The molecular weight excluding hydrogens is 406 g/mol. The van der Waals surface area contributed by atoms with Gasteiger partial charge in [0.15, 0.2) is 0 Å². The van der Waals surface area contributed by atoms with E-state index in [0.29, 0.717) is 11.5 Å². The van der Waals surface area contributed by atoms with Gasteiger partial charge < -0.3 is 20.7 Å². The van der Waals surface area contributed by atoms with E-state index in [1.54, 1.807) is 26.8 Å². The van der Waals surface area contributed by atoms with E-state index < -0.39 is 11.7 Å². The quantitative estimate of drug-likeness (QED) is 0.499. The van der Waals surface area contributed by atoms with Gasteiger partial charge in [0.25, 0.3) is 0 Å². The molecule has 8 nitrogen and oxygen atoms in total. The van der Waals surface area contributed by atoms with Gasteiger partial charge in [-0.2, -0.15) is 0 Å². The number of amides is 2. The predicted molar refractivity (Wildman–Crippen MR) is 126 cm³/mol. The number of carbonyl (C=O) groups excluding carboxylic acids is 2. The van der Waals surface area contributed by atoms with Gasteiger partial charge in [-0.3, -0.25) is 4.79 Å². The second-order valence-corrected chi connectivity index (χ2v) is 8.46. The molecule has 0 spiro atoms. The van der Waals surface area contributed by atoms with Crippen LogP contribution in [0.15, 0.2) is 54.9 Å². The second kappa shape index (κ2) is 10.1. The summed E-state index contributed by atoms with van der Waals surface area (Å²) in [5.41, 5.74) is 1.96. The van der Waals surface area contributed by atoms with E-state index in [1.165, 1.54) is 6.33 Å². The summed E-state index contributed by atoms with van der Waals surface area (Å²) in [4.78, 5) is 32.7. The largest absolute Gasteiger partial charge is 0.444 e. The standard InChI is InChI=1S/C24H29N5O3/c1-16(17-8-6-5-7-9-17)28-22-19-14-18(10-11-20(19)26-15-27-22)29-21(30)12-13-25-23(31)32-24(2,3)4/h5-11,14-16H,12-13H2,1-4H3,(H,25,31)(H,29,30)(H,26,27,28). The van der Waals surface area contributed by atoms with Crippen LogP contribution < -0.4 is 16.0 Å². The number of aromatic nitrogens is 2. The fourth-order valence-electron chi connectivity index (χ4n) is 3.10. The molecule has 168 valence electrons. The number of alkyl carbamates (subject to hydrolysis) is 1. The van der Waals surface area contributed by atoms with E-state index in [1.807, 2.05) is 30.3 Å². The van der Waals surface area contributed by atoms with E-state index in [4.69, 9.17) is 4.74 Å². The van der Waals surface area contributed by atoms with Crippen LogP contribution >= 0.6 is 0 Å². The van der Waals surface area contributed by atoms with Crippen molar-refractivity contribution >= 4 is 34.4 Å². The Labute approximate surface area is 187 Å². The Hall–Kier alpha value is -3.68. The number of benzene rings is 2. The number of hydrogen-bond donors (Lipinski definition) is 3. The number of fused-ring (bicyclic) bond motifs is 1. The molecule has 0 saturated heterocycles. The maximum atomic E-state index is 12.3. The van der Waals surface area contributed by atoms with Gasteiger partial charge in [-0.15, -0.1) is 0 Å². The zero-order valence-corrected chi connectivity index (χ0v) is 18.8. The first-order chi connectivity index (χ1) is 15.2. The minimum atomic E-state index is -0.580. The van der Waals surface area contributed by atoms with Crippen molar-refractivity contribution in [1.82, 2.24) is 15.3 Å². The Morgan fingerprint density at radius 1 is 1.06 bits per heavy atom. The van der Waals surface area contributed by atoms with E-state index in [2.05, 4.69) is 45.0 Å². The van der Waals surface area contributed by atoms with Crippen molar-refractivity contribution in [2.45, 2.75) is 45.8 Å². The second-order valence-electron chi connectivity index (χ2n) is 8.46. The first-order valence-corrected chi connectivity index (χ1v) is 10.5. The molecule has 0 radical (unpaired) electrons. The van der Waals surface area contributed by atoms with Gasteiger partial charge in [0, 0.05) is 30.1 Å². The highest BCUT2D eigenvalue weighted by Gasteiger charge is 2.16. The molecule has 1 heterocycles. The lowest BCUT2D eigenvalue weighted by atomic mass is 10.1. The zero-order chi connectivity index (χ0) is 23.1. The third kappa shape index (κ3) is 6.66. The van der Waals surface area contributed by atoms with Crippen LogP contribution in [0, 0.1) is 0 Å². The summed E-state index contributed by atoms with van der Waals surface area (Å²) in [6.45, 7) is 7.59. The van der Waals surface area contributed by atoms with Gasteiger partial charge in [-0.1, -0.05) is 30.3 Å². The molecular formula is C24H29N5O3. The molecule has 0 fully saturated rings. The van der Waals surface area contributed by atoms with E-state index in [9.17, 15) is 9.59 Å². The fraction of sp³-hybridized carbons (Fsp3) is 0.333. The van der Waals surface area contributed by atoms with Gasteiger partial charge in [0.05, 0.1) is 5.52 Å². The lowest BCUT2D eigenvalue weighted by molar-refractivity contribution is -0.116. The van der Waals surface area contributed by atoms with Gasteiger partial charge >= 0.3 is 6.09 Å². The molecule has 2 aromatic carbocycles. The van der Waals surface area contributed by atoms with Gasteiger partial charge in [-0.25, -0.2) is 14.8 Å². The SMILES string of the molecule is CC(Nc1ncnc2ccc(NC(=O)CCNC(=O)OC(C)(C)C)cc12)c1ccccc1. The number of hydrogen-bond acceptors (Lipinski definition) is 6. The minimum Gasteiger partial charge on any atom is -0.444 e. The monoisotopic (exact) mass is 435 g/mol. The van der Waals surface area contributed by atoms with E-state index >= 15 is 0 Å². The van der Waals surface area contributed by atoms with Crippen molar-refractivity contribution in [3.05, 3.63) is 60.4 Å². The van der Waals surface area contributed by atoms with Crippen LogP contribution in [0.5, 0.6) is 0 Å². The van der Waals surface area contributed by atoms with Crippen LogP contribution in [0.25, 0.3) is 10.9 Å². The summed E-state index contributed by atoms with van der Waals surface area (Å²) in [6, 6.07) is 15.6. The molecule has 3 aromatic rings. The number of nitrogens with one attached hydrogen (secondary N) is 3. The molecule has 3 rings (SSSR count). The molecule has 1 unspecified atom stereocenters. The fourth-order valence-corrected chi connectivity index (χ4v) is 3.10. The summed E-state index contributed by atoms with van der Waals surface area (Å²) >= 11 is 0. The summed E-state index contributed by atoms with van der Waals surface area (Å²) in [5.74, 6) is 0.471. The number of carbonyl (C=O) groups is 2. The van der Waals surface area contributed by atoms with Crippen LogP contribution in [0.1, 0.15) is 45.7 Å². The molecule has 0 aliphatic heterocycles. The molecule has 1 aromatic heterocycles. The first-order valence-electron chi connectivity index (χ1n) is 10.5. The Balaban J connectivity index is 1.63. The Kier molecular flexibility index (Phi) is 7.25. The Morgan fingerprint density at radius 2 is 1.81 bits per heavy atom. The highest BCUT2D eigenvalue weighted by atomic mass is 16.6. The first kappa shape index (κ1) is 23.0. The zero-order valence-electron chi connectivity index (χ0n) is 18.8. The summed E-state index contributed by atoms with van der Waals surface area (Å²) in [7, 11) is 0. The molecule has 32 heavy (non-hydrogen) atoms. The Bertz CT molecular complexity index is 1080. The maximum absolute atomic E-state index is 12.3. The number of ether oxygens (including phenoxy) is 1. The third-order valence-electron chi connectivity index (χ3n) is 4.59. The minimum absolute atomic E-state index is 0.0477. The van der Waals surface area contributed by atoms with Crippen molar-refractivity contribution in [1.29, 1.82) is 0 Å². The maximum Gasteiger partial charge on any atom is 0.407 e. The van der Waals surface area contributed by atoms with Crippen LogP contribution in [-0.2, 0) is 9.53 Å². The third-order valence-corrected chi connectivity index (χ3v) is 4.59. The van der Waals surface area contributed by atoms with Crippen molar-refractivity contribution in [3.8, 4) is 0 Å². The van der Waals surface area contributed by atoms with Crippen LogP contribution in [0.2, 0.25) is 0 Å². The lowest BCUT2D eigenvalue weighted by Gasteiger charge is -2.19. The van der Waals surface area contributed by atoms with Crippen LogP contribution in [-0.4, -0.2) is 34.1 Å². The van der Waals surface area contributed by atoms with E-state index in [-0.39, 0.29) is 24.9 Å². The highest BCUT2D eigenvalue weighted by molar-refractivity contribution is 5.96. The molecule has 8 heteroatoms. The molecule has 1 atom stereocenters. The summed E-state index contributed by atoms with van der Waals surface area (Å²) in [6.07, 6.45) is 1.10. The number of nitrogens with zero attached hydrogens (tertiary/aromatic N) is 2. The molecule has 0 saturated carbocycles. The van der Waals surface area contributed by atoms with Crippen molar-refractivity contribution in [3.63, 3.8) is 0 Å². The van der Waals surface area contributed by atoms with Crippen molar-refractivity contribution < 1.29 is 14.3 Å². The van der Waals surface area contributed by atoms with Gasteiger partial charge in [0.1, 0.15) is 17.7 Å². The predicted octanol–water partition coefficient (Wildman–Crippen LogP) is 4.66. The molecule has 2 amide bonds. The normalized spacial score (nSPS) is 12.1. The van der Waals surface area contributed by atoms with E-state index in [0.717, 1.165) is 16.5 Å². The molecule has 0 aliphatic carbocycles. The number of rotatable bonds is 7. The summed E-state index contributed by atoms with van der Waals surface area (Å²) < 4.78 is 5.16. The average Bonchev–Trinajstić information content (AvgIpc) is 2.73. The lowest BCUT2D eigenvalue weighted by Crippen LogP contribution is -2.34. The van der Waals surface area contributed by atoms with Gasteiger partial charge in [-0.05, 0) is 51.5 Å². The van der Waals surface area contributed by atoms with Gasteiger partial charge in [0.2, 0.25) is 5.91 Å². The average molecular weight is 436 g/mol. The van der Waals surface area contributed by atoms with Crippen LogP contribution in [0.4, 0.5) is 16.3 Å². The Morgan fingerprint density at radius 3 is 2.53 bits per heavy atom. The highest BCUT2D eigenvalue weighted by Crippen LogP contribution is 2.26. The topological polar surface area (TPSA) is 105 Å². The summed E-state index contributed by atoms with van der Waals surface area (Å²) in [5, 5.41) is 9.66. The van der Waals surface area contributed by atoms with Crippen molar-refractivity contribution in [2.24, 2.45) is 0 Å². The smallest absolute Gasteiger partial charge is 0.407 e. The van der Waals surface area contributed by atoms with Crippen molar-refractivity contribution in [2.75, 3.05) is 17.2 Å². The van der Waals surface area contributed by atoms with Crippen LogP contribution in [0.3, 0.4) is 0 Å². The number of anilines is 2. The molecule has 3 N–H and O–H groups in total. The molecule has 0 bridgehead atoms.